The van der Waals surface area contributed by atoms with Crippen LogP contribution < -0.4 is 60.5 Å². The quantitative estimate of drug-likeness (QED) is 0.0351. The fourth-order valence-corrected chi connectivity index (χ4v) is 18.2. The van der Waals surface area contributed by atoms with Gasteiger partial charge in [-0.15, -0.1) is 20.4 Å². The van der Waals surface area contributed by atoms with Crippen LogP contribution in [0.2, 0.25) is 0 Å². The Morgan fingerprint density at radius 1 is 0.307 bits per heavy atom. The van der Waals surface area contributed by atoms with Gasteiger partial charge in [0.2, 0.25) is 53.3 Å². The molecule has 8 aliphatic rings. The van der Waals surface area contributed by atoms with E-state index >= 15 is 0 Å². The van der Waals surface area contributed by atoms with Crippen LogP contribution in [0.5, 0.6) is 0 Å². The van der Waals surface area contributed by atoms with E-state index in [1.807, 2.05) is 152 Å². The van der Waals surface area contributed by atoms with E-state index in [1.165, 1.54) is 11.8 Å². The van der Waals surface area contributed by atoms with Crippen LogP contribution in [0.4, 0.5) is 103 Å². The number of nitrogens with one attached hydrogen (secondary N) is 4. The van der Waals surface area contributed by atoms with Crippen molar-refractivity contribution in [2.24, 2.45) is 0 Å². The highest BCUT2D eigenvalue weighted by molar-refractivity contribution is 5.79. The standard InChI is InChI=1S/C28H29N9O2.C27H27N9O2.C26H27FN8O2.C26H28N8O2/c1-29-25-18-20(2-7-26(25)35-12-9-23(38)10-13-35)24-8-11-30-27(33-24)32-21-3-5-22(6-4-21)37-19-31-28(34-37)36-14-16-39-17-15-36;28-18-20-15-21(17-24(16-20)34-7-11-37-12-8-34)25-5-6-29-26(32-25)31-22-1-3-23(4-2-22)36-19-30-27(33-36)35-9-13-38-14-10-35;27-20-15-19(16-23(17-20)33-7-11-36-12-8-33)24-5-6-28-25(31-24)30-21-1-3-22(4-2-21)35-18-29-26(32-35)34-9-13-37-14-10-34;1-2-20(18-23(3-1)32-10-14-35-15-11-32)24-8-9-27-25(30-24)29-21-4-6-22(7-5-21)34-19-28-26(31-34)33-12-16-36-17-13-33/h2-8,11,18-19,23,38H,9-10,12-17H2,(H,30,32,33);1-6,15-17,19H,7-14H2,(H,29,31,32);1-6,15-18H,7-14H2,(H,28,30,31);1-9,18-19H,10-17H2,(H,27,29,30). The molecule has 43 heteroatoms. The van der Waals surface area contributed by atoms with E-state index < -0.39 is 0 Å². The molecule has 0 amide bonds. The molecular weight excluding hydrogens is 1910 g/mol. The number of hydrogen-bond acceptors (Lipinski definition) is 37. The summed E-state index contributed by atoms with van der Waals surface area (Å²) in [6, 6.07) is 66.2. The number of benzene rings is 8. The van der Waals surface area contributed by atoms with Gasteiger partial charge < -0.3 is 98.7 Å². The Bertz CT molecular complexity index is 7270. The van der Waals surface area contributed by atoms with Crippen molar-refractivity contribution in [2.75, 3.05) is 258 Å². The van der Waals surface area contributed by atoms with Crippen molar-refractivity contribution in [3.8, 4) is 73.8 Å². The minimum Gasteiger partial charge on any atom is -0.393 e. The number of aromatic nitrogens is 20. The summed E-state index contributed by atoms with van der Waals surface area (Å²) in [5.74, 6) is 4.45. The number of rotatable bonds is 24. The van der Waals surface area contributed by atoms with Gasteiger partial charge in [0.1, 0.15) is 31.1 Å². The lowest BCUT2D eigenvalue weighted by Crippen LogP contribution is -2.37. The summed E-state index contributed by atoms with van der Waals surface area (Å²) in [7, 11) is 0. The van der Waals surface area contributed by atoms with Crippen LogP contribution in [0.25, 0.3) is 72.6 Å². The highest BCUT2D eigenvalue weighted by Crippen LogP contribution is 2.38. The summed E-state index contributed by atoms with van der Waals surface area (Å²) in [4.78, 5) is 75.2. The summed E-state index contributed by atoms with van der Waals surface area (Å²) in [5, 5.41) is 50.9. The molecule has 8 fully saturated rings. The molecule has 0 unspecified atom stereocenters. The number of morpholine rings is 7. The first-order chi connectivity index (χ1) is 73.9. The molecule has 0 radical (unpaired) electrons. The van der Waals surface area contributed by atoms with Gasteiger partial charge in [-0.1, -0.05) is 18.2 Å². The number of ether oxygens (including phenoxy) is 7. The minimum absolute atomic E-state index is 0.254. The molecule has 8 aromatic heterocycles. The van der Waals surface area contributed by atoms with Gasteiger partial charge in [0, 0.05) is 192 Å². The van der Waals surface area contributed by atoms with Crippen LogP contribution in [-0.4, -0.2) is 307 Å². The molecule has 8 aromatic carbocycles. The van der Waals surface area contributed by atoms with Crippen molar-refractivity contribution in [3.05, 3.63) is 273 Å². The molecule has 0 saturated carbocycles. The molecule has 8 aliphatic heterocycles. The SMILES string of the molecule is Fc1cc(-c2ccnc(Nc3ccc(-n4cnc(N5CCOCC5)n4)cc3)n2)cc(N2CCOCC2)c1.N#Cc1cc(-c2ccnc(Nc3ccc(-n4cnc(N5CCOCC5)n4)cc3)n2)cc(N2CCOCC2)c1.[C-]#[N+]c1cc(-c2ccnc(Nc3ccc(-n4cnc(N5CCOCC5)n4)cc3)n2)ccc1N1CCC(O)CC1.c1cc(-c2ccnc(Nc3ccc(-n4cnc(N5CCOCC5)n4)cc3)n2)cc(N2CCOCC2)c1. The van der Waals surface area contributed by atoms with E-state index in [1.54, 1.807) is 81.0 Å². The number of anilines is 16. The van der Waals surface area contributed by atoms with Gasteiger partial charge in [-0.3, -0.25) is 0 Å². The normalized spacial score (nSPS) is 16.1. The lowest BCUT2D eigenvalue weighted by Gasteiger charge is -2.32. The molecule has 0 atom stereocenters. The van der Waals surface area contributed by atoms with Crippen LogP contribution in [0.1, 0.15) is 18.4 Å². The number of aliphatic hydroxyl groups is 1. The topological polar surface area (TPSA) is 413 Å². The van der Waals surface area contributed by atoms with Gasteiger partial charge in [-0.25, -0.2) is 67.8 Å². The molecule has 16 aromatic rings. The molecule has 5 N–H and O–H groups in total. The molecule has 8 saturated heterocycles. The Morgan fingerprint density at radius 3 is 0.953 bits per heavy atom. The predicted octanol–water partition coefficient (Wildman–Crippen LogP) is 13.3. The highest BCUT2D eigenvalue weighted by Gasteiger charge is 2.27. The van der Waals surface area contributed by atoms with E-state index in [-0.39, 0.29) is 11.9 Å². The lowest BCUT2D eigenvalue weighted by atomic mass is 10.0. The molecule has 150 heavy (non-hydrogen) atoms. The van der Waals surface area contributed by atoms with Crippen molar-refractivity contribution in [1.82, 2.24) is 98.9 Å². The first kappa shape index (κ1) is 98.8. The van der Waals surface area contributed by atoms with Crippen molar-refractivity contribution in [3.63, 3.8) is 0 Å². The first-order valence-electron chi connectivity index (χ1n) is 50.1. The second kappa shape index (κ2) is 48.0. The highest BCUT2D eigenvalue weighted by atomic mass is 19.1. The fraction of sp³-hybridized carbons (Fsp3) is 0.308. The number of nitriles is 1. The van der Waals surface area contributed by atoms with E-state index in [2.05, 4.69) is 172 Å². The van der Waals surface area contributed by atoms with E-state index in [0.29, 0.717) is 143 Å². The third kappa shape index (κ3) is 25.2. The van der Waals surface area contributed by atoms with E-state index in [4.69, 9.17) is 49.7 Å². The average Bonchev–Trinajstić information content (AvgIpc) is 1.07. The molecule has 24 rings (SSSR count). The monoisotopic (exact) mass is 2020 g/mol. The fourth-order valence-electron chi connectivity index (χ4n) is 18.2. The van der Waals surface area contributed by atoms with Gasteiger partial charge in [0.15, 0.2) is 0 Å². The largest absolute Gasteiger partial charge is 0.393 e. The summed E-state index contributed by atoms with van der Waals surface area (Å²) in [6.45, 7) is 30.1. The number of nitrogens with zero attached hydrogens (tertiary/aromatic N) is 30. The van der Waals surface area contributed by atoms with Crippen molar-refractivity contribution >= 4 is 98.8 Å². The van der Waals surface area contributed by atoms with E-state index in [0.717, 1.165) is 233 Å². The molecule has 0 aliphatic carbocycles. The summed E-state index contributed by atoms with van der Waals surface area (Å²) in [6.07, 6.45) is 14.9. The lowest BCUT2D eigenvalue weighted by molar-refractivity contribution is 0.122. The smallest absolute Gasteiger partial charge is 0.245 e. The number of piperidine rings is 1. The second-order valence-electron chi connectivity index (χ2n) is 36.1. The van der Waals surface area contributed by atoms with Gasteiger partial charge in [-0.2, -0.15) is 25.2 Å². The van der Waals surface area contributed by atoms with Gasteiger partial charge >= 0.3 is 0 Å². The van der Waals surface area contributed by atoms with Crippen LogP contribution in [0.3, 0.4) is 0 Å². The third-order valence-corrected chi connectivity index (χ3v) is 26.3. The zero-order chi connectivity index (χ0) is 102. The summed E-state index contributed by atoms with van der Waals surface area (Å²) >= 11 is 0. The maximum atomic E-state index is 14.5. The van der Waals surface area contributed by atoms with Crippen LogP contribution in [0.15, 0.2) is 250 Å². The Hall–Kier alpha value is -17.2. The first-order valence-corrected chi connectivity index (χ1v) is 50.1. The number of aliphatic hydroxyl groups excluding tert-OH is 1. The molecule has 16 heterocycles. The Kier molecular flexibility index (Phi) is 31.6. The second-order valence-corrected chi connectivity index (χ2v) is 36.1. The maximum absolute atomic E-state index is 14.5. The number of halogens is 1. The van der Waals surface area contributed by atoms with Crippen LogP contribution in [0, 0.1) is 23.7 Å². The van der Waals surface area contributed by atoms with Crippen LogP contribution in [-0.2, 0) is 33.2 Å². The van der Waals surface area contributed by atoms with Gasteiger partial charge in [0.25, 0.3) is 0 Å². The Morgan fingerprint density at radius 2 is 0.613 bits per heavy atom. The zero-order valence-electron chi connectivity index (χ0n) is 82.5. The zero-order valence-corrected chi connectivity index (χ0v) is 82.5. The minimum atomic E-state index is -0.299. The predicted molar refractivity (Wildman–Crippen MR) is 568 cm³/mol. The van der Waals surface area contributed by atoms with E-state index in [9.17, 15) is 14.8 Å². The Labute approximate surface area is 864 Å². The van der Waals surface area contributed by atoms with Gasteiger partial charge in [-0.05, 0) is 200 Å². The van der Waals surface area contributed by atoms with Crippen molar-refractivity contribution < 1.29 is 42.7 Å². The average molecular weight is 2020 g/mol. The van der Waals surface area contributed by atoms with Gasteiger partial charge in [0.05, 0.1) is 162 Å². The van der Waals surface area contributed by atoms with Crippen LogP contribution >= 0.6 is 0 Å². The van der Waals surface area contributed by atoms with Crippen molar-refractivity contribution in [2.45, 2.75) is 18.9 Å². The molecule has 0 spiro atoms. The third-order valence-electron chi connectivity index (χ3n) is 26.3. The van der Waals surface area contributed by atoms with Crippen molar-refractivity contribution in [1.29, 1.82) is 5.26 Å². The molecule has 764 valence electrons. The molecule has 0 bridgehead atoms. The molecular formula is C107H111FN34O8. The maximum Gasteiger partial charge on any atom is 0.245 e. The Balaban J connectivity index is 0.000000117. The summed E-state index contributed by atoms with van der Waals surface area (Å²) in [5.41, 5.74) is 18.6. The number of hydrogen-bond donors (Lipinski definition) is 5. The summed E-state index contributed by atoms with van der Waals surface area (Å²) < 4.78 is 59.5. The molecule has 42 nitrogen and oxygen atoms in total.